The molecular weight excluding hydrogens is 427 g/mol. The fraction of sp³-hybridized carbons (Fsp3) is 0.357. The molecule has 0 radical (unpaired) electrons. The highest BCUT2D eigenvalue weighted by atomic mass is 79.9. The second-order valence-electron chi connectivity index (χ2n) is 5.56. The van der Waals surface area contributed by atoms with E-state index < -0.39 is 27.0 Å². The Morgan fingerprint density at radius 3 is 2.56 bits per heavy atom. The Labute approximate surface area is 150 Å². The van der Waals surface area contributed by atoms with Crippen molar-refractivity contribution in [3.63, 3.8) is 0 Å². The van der Waals surface area contributed by atoms with Gasteiger partial charge in [0.1, 0.15) is 10.6 Å². The SMILES string of the molecule is O=S(=O)(c1ccccc1OC(F)(F)F)N1CC(Cn2cc(Br)cn2)C1. The summed E-state index contributed by atoms with van der Waals surface area (Å²) in [6, 6.07) is 4.73. The predicted molar refractivity (Wildman–Crippen MR) is 85.3 cm³/mol. The third-order valence-corrected chi connectivity index (χ3v) is 5.94. The molecule has 1 saturated heterocycles. The maximum atomic E-state index is 12.6. The van der Waals surface area contributed by atoms with Gasteiger partial charge >= 0.3 is 6.36 Å². The van der Waals surface area contributed by atoms with Crippen molar-refractivity contribution in [2.45, 2.75) is 17.8 Å². The highest BCUT2D eigenvalue weighted by Gasteiger charge is 2.40. The van der Waals surface area contributed by atoms with Gasteiger partial charge in [-0.3, -0.25) is 4.68 Å². The smallest absolute Gasteiger partial charge is 0.404 e. The van der Waals surface area contributed by atoms with Crippen molar-refractivity contribution in [1.29, 1.82) is 0 Å². The molecule has 1 aromatic heterocycles. The van der Waals surface area contributed by atoms with E-state index in [4.69, 9.17) is 0 Å². The third-order valence-electron chi connectivity index (χ3n) is 3.66. The lowest BCUT2D eigenvalue weighted by molar-refractivity contribution is -0.275. The Balaban J connectivity index is 1.71. The molecular formula is C14H13BrF3N3O3S. The molecule has 0 bridgehead atoms. The molecule has 25 heavy (non-hydrogen) atoms. The molecule has 6 nitrogen and oxygen atoms in total. The van der Waals surface area contributed by atoms with Crippen LogP contribution in [0.15, 0.2) is 46.0 Å². The van der Waals surface area contributed by atoms with Crippen LogP contribution in [0.5, 0.6) is 5.75 Å². The standard InChI is InChI=1S/C14H13BrF3N3O3S/c15-11-5-19-20(9-11)6-10-7-21(8-10)25(22,23)13-4-2-1-3-12(13)24-14(16,17)18/h1-5,9-10H,6-8H2. The number of halogens is 4. The third kappa shape index (κ3) is 4.15. The maximum absolute atomic E-state index is 12.6. The highest BCUT2D eigenvalue weighted by Crippen LogP contribution is 2.34. The van der Waals surface area contributed by atoms with Crippen LogP contribution < -0.4 is 4.74 Å². The molecule has 2 aromatic rings. The van der Waals surface area contributed by atoms with E-state index >= 15 is 0 Å². The summed E-state index contributed by atoms with van der Waals surface area (Å²) in [5, 5.41) is 4.09. The zero-order valence-electron chi connectivity index (χ0n) is 12.6. The number of sulfonamides is 1. The highest BCUT2D eigenvalue weighted by molar-refractivity contribution is 9.10. The predicted octanol–water partition coefficient (Wildman–Crippen LogP) is 2.86. The van der Waals surface area contributed by atoms with Gasteiger partial charge in [-0.05, 0) is 28.1 Å². The van der Waals surface area contributed by atoms with Gasteiger partial charge in [-0.15, -0.1) is 13.2 Å². The molecule has 0 unspecified atom stereocenters. The monoisotopic (exact) mass is 439 g/mol. The first-order valence-corrected chi connectivity index (χ1v) is 9.41. The van der Waals surface area contributed by atoms with Crippen molar-refractivity contribution in [2.24, 2.45) is 5.92 Å². The summed E-state index contributed by atoms with van der Waals surface area (Å²) in [4.78, 5) is -0.493. The average molecular weight is 440 g/mol. The van der Waals surface area contributed by atoms with Crippen LogP contribution >= 0.6 is 15.9 Å². The fourth-order valence-corrected chi connectivity index (χ4v) is 4.58. The minimum atomic E-state index is -4.96. The lowest BCUT2D eigenvalue weighted by atomic mass is 10.0. The molecule has 0 spiro atoms. The van der Waals surface area contributed by atoms with E-state index in [9.17, 15) is 21.6 Å². The van der Waals surface area contributed by atoms with Crippen LogP contribution in [0, 0.1) is 5.92 Å². The molecule has 3 rings (SSSR count). The number of ether oxygens (including phenoxy) is 1. The quantitative estimate of drug-likeness (QED) is 0.718. The number of benzene rings is 1. The molecule has 1 fully saturated rings. The van der Waals surface area contributed by atoms with Gasteiger partial charge in [0.25, 0.3) is 0 Å². The van der Waals surface area contributed by atoms with Gasteiger partial charge in [0.15, 0.2) is 0 Å². The Kier molecular flexibility index (Phi) is 4.82. The van der Waals surface area contributed by atoms with Crippen LogP contribution in [-0.2, 0) is 16.6 Å². The zero-order valence-corrected chi connectivity index (χ0v) is 15.1. The molecule has 1 aromatic carbocycles. The van der Waals surface area contributed by atoms with Crippen molar-refractivity contribution >= 4 is 26.0 Å². The van der Waals surface area contributed by atoms with E-state index in [0.717, 1.165) is 20.9 Å². The molecule has 0 atom stereocenters. The molecule has 1 aliphatic heterocycles. The van der Waals surface area contributed by atoms with Crippen molar-refractivity contribution in [3.8, 4) is 5.75 Å². The summed E-state index contributed by atoms with van der Waals surface area (Å²) >= 11 is 3.27. The van der Waals surface area contributed by atoms with Crippen molar-refractivity contribution in [1.82, 2.24) is 14.1 Å². The van der Waals surface area contributed by atoms with Crippen LogP contribution in [0.25, 0.3) is 0 Å². The molecule has 11 heteroatoms. The van der Waals surface area contributed by atoms with Gasteiger partial charge in [0.05, 0.1) is 10.7 Å². The lowest BCUT2D eigenvalue weighted by Crippen LogP contribution is -2.51. The normalized spacial score (nSPS) is 16.6. The van der Waals surface area contributed by atoms with Gasteiger partial charge in [0, 0.05) is 31.7 Å². The van der Waals surface area contributed by atoms with E-state index in [-0.39, 0.29) is 19.0 Å². The fourth-order valence-electron chi connectivity index (χ4n) is 2.55. The molecule has 136 valence electrons. The van der Waals surface area contributed by atoms with Crippen molar-refractivity contribution in [2.75, 3.05) is 13.1 Å². The topological polar surface area (TPSA) is 64.4 Å². The largest absolute Gasteiger partial charge is 0.573 e. The van der Waals surface area contributed by atoms with E-state index in [2.05, 4.69) is 25.8 Å². The molecule has 0 N–H and O–H groups in total. The van der Waals surface area contributed by atoms with Crippen LogP contribution in [-0.4, -0.2) is 42.0 Å². The van der Waals surface area contributed by atoms with Gasteiger partial charge in [-0.25, -0.2) is 8.42 Å². The Morgan fingerprint density at radius 2 is 1.96 bits per heavy atom. The first kappa shape index (κ1) is 18.2. The number of rotatable bonds is 5. The second-order valence-corrected chi connectivity index (χ2v) is 8.39. The number of para-hydroxylation sites is 1. The van der Waals surface area contributed by atoms with E-state index in [1.165, 1.54) is 12.1 Å². The van der Waals surface area contributed by atoms with Crippen LogP contribution in [0.2, 0.25) is 0 Å². The summed E-state index contributed by atoms with van der Waals surface area (Å²) in [5.41, 5.74) is 0. The average Bonchev–Trinajstić information content (AvgIpc) is 2.86. The molecule has 0 amide bonds. The summed E-state index contributed by atoms with van der Waals surface area (Å²) in [7, 11) is -4.06. The van der Waals surface area contributed by atoms with Crippen molar-refractivity contribution < 1.29 is 26.3 Å². The first-order valence-electron chi connectivity index (χ1n) is 7.18. The minimum Gasteiger partial charge on any atom is -0.404 e. The number of aromatic nitrogens is 2. The number of hydrogen-bond donors (Lipinski definition) is 0. The van der Waals surface area contributed by atoms with E-state index in [0.29, 0.717) is 6.54 Å². The van der Waals surface area contributed by atoms with Gasteiger partial charge < -0.3 is 4.74 Å². The minimum absolute atomic E-state index is 0.0391. The summed E-state index contributed by atoms with van der Waals surface area (Å²) < 4.78 is 70.0. The number of hydrogen-bond acceptors (Lipinski definition) is 4. The molecule has 1 aliphatic rings. The summed E-state index contributed by atoms with van der Waals surface area (Å²) in [5.74, 6) is -0.688. The Bertz CT molecular complexity index is 863. The van der Waals surface area contributed by atoms with Crippen LogP contribution in [0.4, 0.5) is 13.2 Å². The second kappa shape index (κ2) is 6.61. The van der Waals surface area contributed by atoms with Crippen LogP contribution in [0.3, 0.4) is 0 Å². The summed E-state index contributed by atoms with van der Waals surface area (Å²) in [6.45, 7) is 0.943. The molecule has 2 heterocycles. The summed E-state index contributed by atoms with van der Waals surface area (Å²) in [6.07, 6.45) is -1.57. The number of nitrogens with zero attached hydrogens (tertiary/aromatic N) is 3. The van der Waals surface area contributed by atoms with Gasteiger partial charge in [-0.2, -0.15) is 9.40 Å². The van der Waals surface area contributed by atoms with Gasteiger partial charge in [-0.1, -0.05) is 12.1 Å². The Hall–Kier alpha value is -1.59. The van der Waals surface area contributed by atoms with Crippen LogP contribution in [0.1, 0.15) is 0 Å². The molecule has 0 saturated carbocycles. The van der Waals surface area contributed by atoms with Crippen molar-refractivity contribution in [3.05, 3.63) is 41.1 Å². The Morgan fingerprint density at radius 1 is 1.28 bits per heavy atom. The first-order chi connectivity index (χ1) is 11.6. The molecule has 0 aliphatic carbocycles. The number of alkyl halides is 3. The zero-order chi connectivity index (χ0) is 18.2. The lowest BCUT2D eigenvalue weighted by Gasteiger charge is -2.38. The van der Waals surface area contributed by atoms with E-state index in [1.54, 1.807) is 17.1 Å². The van der Waals surface area contributed by atoms with Gasteiger partial charge in [0.2, 0.25) is 10.0 Å². The maximum Gasteiger partial charge on any atom is 0.573 e. The van der Waals surface area contributed by atoms with E-state index in [1.807, 2.05) is 0 Å².